The number of hydrogen-bond acceptors (Lipinski definition) is 4. The van der Waals surface area contributed by atoms with Gasteiger partial charge in [0.15, 0.2) is 0 Å². The molecular formula is C24H39N3O2. The van der Waals surface area contributed by atoms with Crippen LogP contribution in [0.1, 0.15) is 69.3 Å². The average Bonchev–Trinajstić information content (AvgIpc) is 3.44. The molecule has 0 saturated carbocycles. The molecule has 3 saturated heterocycles. The van der Waals surface area contributed by atoms with Gasteiger partial charge in [-0.1, -0.05) is 6.92 Å². The Morgan fingerprint density at radius 1 is 1.03 bits per heavy atom. The lowest BCUT2D eigenvalue weighted by Gasteiger charge is -2.42. The van der Waals surface area contributed by atoms with Crippen molar-refractivity contribution in [3.8, 4) is 0 Å². The fraction of sp³-hybridized carbons (Fsp3) is 0.792. The van der Waals surface area contributed by atoms with Crippen molar-refractivity contribution in [2.75, 3.05) is 45.8 Å². The number of hydrogen-bond donors (Lipinski definition) is 0. The molecule has 5 nitrogen and oxygen atoms in total. The first-order valence-electron chi connectivity index (χ1n) is 11.9. The number of aryl methyl sites for hydroxylation is 1. The summed E-state index contributed by atoms with van der Waals surface area (Å²) in [5.74, 6) is 3.37. The van der Waals surface area contributed by atoms with Gasteiger partial charge in [0.1, 0.15) is 11.5 Å². The van der Waals surface area contributed by atoms with Crippen LogP contribution in [0, 0.1) is 12.8 Å². The van der Waals surface area contributed by atoms with Gasteiger partial charge in [-0.3, -0.25) is 4.79 Å². The van der Waals surface area contributed by atoms with Crippen molar-refractivity contribution in [2.45, 2.75) is 70.8 Å². The molecular weight excluding hydrogens is 362 g/mol. The van der Waals surface area contributed by atoms with E-state index in [1.54, 1.807) is 0 Å². The number of rotatable bonds is 6. The SMILES string of the molecule is Cc1ccc([C@@H](C)CCN2CCC(N3CCC(C(=O)N4CCCC4)CC3)CC2)o1. The molecule has 0 bridgehead atoms. The minimum absolute atomic E-state index is 0.288. The van der Waals surface area contributed by atoms with E-state index < -0.39 is 0 Å². The Morgan fingerprint density at radius 2 is 1.72 bits per heavy atom. The van der Waals surface area contributed by atoms with Crippen molar-refractivity contribution in [1.29, 1.82) is 0 Å². The number of amides is 1. The molecule has 162 valence electrons. The highest BCUT2D eigenvalue weighted by Crippen LogP contribution is 2.27. The maximum Gasteiger partial charge on any atom is 0.225 e. The van der Waals surface area contributed by atoms with Gasteiger partial charge in [-0.2, -0.15) is 0 Å². The lowest BCUT2D eigenvalue weighted by atomic mass is 9.92. The zero-order chi connectivity index (χ0) is 20.2. The second-order valence-electron chi connectivity index (χ2n) is 9.55. The van der Waals surface area contributed by atoms with Crippen LogP contribution in [-0.4, -0.2) is 72.5 Å². The summed E-state index contributed by atoms with van der Waals surface area (Å²) in [4.78, 5) is 20.1. The van der Waals surface area contributed by atoms with Gasteiger partial charge < -0.3 is 19.1 Å². The Balaban J connectivity index is 1.15. The predicted molar refractivity (Wildman–Crippen MR) is 116 cm³/mol. The molecule has 0 aromatic carbocycles. The summed E-state index contributed by atoms with van der Waals surface area (Å²) in [6.07, 6.45) is 8.25. The summed E-state index contributed by atoms with van der Waals surface area (Å²) in [7, 11) is 0. The van der Waals surface area contributed by atoms with Crippen molar-refractivity contribution in [3.05, 3.63) is 23.7 Å². The van der Waals surface area contributed by atoms with E-state index in [-0.39, 0.29) is 5.92 Å². The zero-order valence-corrected chi connectivity index (χ0v) is 18.4. The number of likely N-dealkylation sites (tertiary alicyclic amines) is 3. The van der Waals surface area contributed by atoms with E-state index in [2.05, 4.69) is 33.8 Å². The Morgan fingerprint density at radius 3 is 2.34 bits per heavy atom. The zero-order valence-electron chi connectivity index (χ0n) is 18.4. The maximum absolute atomic E-state index is 12.7. The van der Waals surface area contributed by atoms with Crippen LogP contribution in [0.5, 0.6) is 0 Å². The van der Waals surface area contributed by atoms with Crippen molar-refractivity contribution in [1.82, 2.24) is 14.7 Å². The summed E-state index contributed by atoms with van der Waals surface area (Å²) in [6, 6.07) is 4.92. The molecule has 1 atom stereocenters. The van der Waals surface area contributed by atoms with Crippen molar-refractivity contribution >= 4 is 5.91 Å². The summed E-state index contributed by atoms with van der Waals surface area (Å²) in [5.41, 5.74) is 0. The van der Waals surface area contributed by atoms with Gasteiger partial charge in [-0.25, -0.2) is 0 Å². The van der Waals surface area contributed by atoms with Crippen LogP contribution in [-0.2, 0) is 4.79 Å². The Hall–Kier alpha value is -1.33. The topological polar surface area (TPSA) is 39.9 Å². The molecule has 4 heterocycles. The maximum atomic E-state index is 12.7. The number of piperidine rings is 2. The monoisotopic (exact) mass is 401 g/mol. The van der Waals surface area contributed by atoms with Gasteiger partial charge in [0.2, 0.25) is 5.91 Å². The summed E-state index contributed by atoms with van der Waals surface area (Å²) in [5, 5.41) is 0. The molecule has 3 fully saturated rings. The molecule has 5 heteroatoms. The van der Waals surface area contributed by atoms with Crippen molar-refractivity contribution < 1.29 is 9.21 Å². The molecule has 0 aliphatic carbocycles. The van der Waals surface area contributed by atoms with E-state index in [0.717, 1.165) is 56.6 Å². The third-order valence-electron chi connectivity index (χ3n) is 7.50. The fourth-order valence-electron chi connectivity index (χ4n) is 5.45. The summed E-state index contributed by atoms with van der Waals surface area (Å²) < 4.78 is 5.79. The number of furan rings is 1. The molecule has 29 heavy (non-hydrogen) atoms. The lowest BCUT2D eigenvalue weighted by Crippen LogP contribution is -2.49. The van der Waals surface area contributed by atoms with Crippen LogP contribution in [0.2, 0.25) is 0 Å². The van der Waals surface area contributed by atoms with Crippen LogP contribution in [0.15, 0.2) is 16.5 Å². The van der Waals surface area contributed by atoms with Crippen LogP contribution >= 0.6 is 0 Å². The fourth-order valence-corrected chi connectivity index (χ4v) is 5.45. The highest BCUT2D eigenvalue weighted by molar-refractivity contribution is 5.79. The van der Waals surface area contributed by atoms with E-state index >= 15 is 0 Å². The number of nitrogens with zero attached hydrogens (tertiary/aromatic N) is 3. The van der Waals surface area contributed by atoms with Gasteiger partial charge in [0.25, 0.3) is 0 Å². The van der Waals surface area contributed by atoms with Gasteiger partial charge in [-0.15, -0.1) is 0 Å². The predicted octanol–water partition coefficient (Wildman–Crippen LogP) is 3.88. The highest BCUT2D eigenvalue weighted by atomic mass is 16.3. The van der Waals surface area contributed by atoms with E-state index in [9.17, 15) is 4.79 Å². The quantitative estimate of drug-likeness (QED) is 0.725. The second-order valence-corrected chi connectivity index (χ2v) is 9.55. The average molecular weight is 402 g/mol. The first-order chi connectivity index (χ1) is 14.1. The normalized spacial score (nSPS) is 24.3. The third kappa shape index (κ3) is 5.24. The molecule has 1 aromatic rings. The highest BCUT2D eigenvalue weighted by Gasteiger charge is 2.33. The van der Waals surface area contributed by atoms with Crippen molar-refractivity contribution in [3.63, 3.8) is 0 Å². The summed E-state index contributed by atoms with van der Waals surface area (Å²) >= 11 is 0. The molecule has 0 spiro atoms. The van der Waals surface area contributed by atoms with Crippen LogP contribution in [0.4, 0.5) is 0 Å². The molecule has 4 rings (SSSR count). The minimum Gasteiger partial charge on any atom is -0.466 e. The molecule has 0 N–H and O–H groups in total. The Kier molecular flexibility index (Phi) is 6.96. The van der Waals surface area contributed by atoms with Gasteiger partial charge in [0, 0.05) is 31.0 Å². The molecule has 0 unspecified atom stereocenters. The minimum atomic E-state index is 0.288. The first kappa shape index (κ1) is 20.9. The molecule has 3 aliphatic heterocycles. The lowest BCUT2D eigenvalue weighted by molar-refractivity contribution is -0.136. The van der Waals surface area contributed by atoms with E-state index in [4.69, 9.17) is 4.42 Å². The number of carbonyl (C=O) groups is 1. The van der Waals surface area contributed by atoms with E-state index in [1.807, 2.05) is 6.92 Å². The standard InChI is InChI=1S/C24H39N3O2/c1-19(23-6-5-20(2)29-23)7-14-25-15-10-22(11-16-25)26-17-8-21(9-18-26)24(28)27-12-3-4-13-27/h5-6,19,21-22H,3-4,7-18H2,1-2H3/t19-/m0/s1. The largest absolute Gasteiger partial charge is 0.466 e. The molecule has 3 aliphatic rings. The van der Waals surface area contributed by atoms with Crippen LogP contribution in [0.25, 0.3) is 0 Å². The van der Waals surface area contributed by atoms with Crippen LogP contribution < -0.4 is 0 Å². The first-order valence-corrected chi connectivity index (χ1v) is 11.9. The Bertz CT molecular complexity index is 651. The third-order valence-corrected chi connectivity index (χ3v) is 7.50. The molecule has 0 radical (unpaired) electrons. The van der Waals surface area contributed by atoms with Crippen LogP contribution in [0.3, 0.4) is 0 Å². The second kappa shape index (κ2) is 9.65. The summed E-state index contributed by atoms with van der Waals surface area (Å²) in [6.45, 7) is 12.1. The van der Waals surface area contributed by atoms with Gasteiger partial charge in [0.05, 0.1) is 0 Å². The van der Waals surface area contributed by atoms with Gasteiger partial charge >= 0.3 is 0 Å². The van der Waals surface area contributed by atoms with Gasteiger partial charge in [-0.05, 0) is 96.7 Å². The van der Waals surface area contributed by atoms with Crippen molar-refractivity contribution in [2.24, 2.45) is 5.92 Å². The smallest absolute Gasteiger partial charge is 0.225 e. The Labute approximate surface area is 176 Å². The molecule has 1 amide bonds. The molecule has 1 aromatic heterocycles. The van der Waals surface area contributed by atoms with E-state index in [1.165, 1.54) is 51.7 Å². The number of carbonyl (C=O) groups excluding carboxylic acids is 1. The van der Waals surface area contributed by atoms with E-state index in [0.29, 0.717) is 11.8 Å².